The van der Waals surface area contributed by atoms with Crippen LogP contribution in [0.1, 0.15) is 24.9 Å². The van der Waals surface area contributed by atoms with Crippen LogP contribution in [-0.4, -0.2) is 34.5 Å². The second-order valence-electron chi connectivity index (χ2n) is 5.43. The molecule has 0 spiro atoms. The number of aromatic nitrogens is 4. The summed E-state index contributed by atoms with van der Waals surface area (Å²) >= 11 is 0. The maximum absolute atomic E-state index is 12.7. The summed E-state index contributed by atoms with van der Waals surface area (Å²) in [5, 5.41) is 7.55. The van der Waals surface area contributed by atoms with Crippen LogP contribution in [0, 0.1) is 19.8 Å². The summed E-state index contributed by atoms with van der Waals surface area (Å²) < 4.78 is 54.4. The van der Waals surface area contributed by atoms with Crippen LogP contribution in [0.2, 0.25) is 0 Å². The smallest absolute Gasteiger partial charge is 0.270 e. The average Bonchev–Trinajstić information content (AvgIpc) is 3.04. The van der Waals surface area contributed by atoms with E-state index in [1.165, 1.54) is 6.92 Å². The third-order valence-electron chi connectivity index (χ3n) is 3.51. The van der Waals surface area contributed by atoms with Crippen molar-refractivity contribution in [1.82, 2.24) is 24.3 Å². The molecule has 0 aliphatic rings. The van der Waals surface area contributed by atoms with Crippen LogP contribution in [0.5, 0.6) is 0 Å². The minimum atomic E-state index is -3.88. The molecule has 1 N–H and O–H groups in total. The van der Waals surface area contributed by atoms with E-state index in [9.17, 15) is 17.2 Å². The third-order valence-corrected chi connectivity index (χ3v) is 5.04. The Kier molecular flexibility index (Phi) is 5.15. The molecule has 128 valence electrons. The molecule has 0 unspecified atom stereocenters. The van der Waals surface area contributed by atoms with Crippen LogP contribution >= 0.6 is 0 Å². The van der Waals surface area contributed by atoms with Crippen LogP contribution in [0.3, 0.4) is 0 Å². The largest absolute Gasteiger partial charge is 0.333 e. The van der Waals surface area contributed by atoms with Crippen molar-refractivity contribution in [3.8, 4) is 0 Å². The molecule has 0 amide bonds. The highest BCUT2D eigenvalue weighted by atomic mass is 32.2. The first kappa shape index (κ1) is 17.5. The van der Waals surface area contributed by atoms with Gasteiger partial charge in [0.2, 0.25) is 10.0 Å². The molecule has 0 saturated carbocycles. The van der Waals surface area contributed by atoms with Gasteiger partial charge in [0.1, 0.15) is 4.90 Å². The van der Waals surface area contributed by atoms with Gasteiger partial charge >= 0.3 is 6.55 Å². The molecule has 2 rings (SSSR count). The molecule has 1 atom stereocenters. The van der Waals surface area contributed by atoms with Gasteiger partial charge < -0.3 is 0 Å². The zero-order valence-electron chi connectivity index (χ0n) is 13.1. The maximum atomic E-state index is 12.7. The number of nitrogens with zero attached hydrogens (tertiary/aromatic N) is 4. The standard InChI is InChI=1S/C13H19F2N5O2S/c1-9(8-19-10(2)4-5-16-19)6-18-23(21,22)12-7-17-20(11(12)3)13(14)15/h4-5,7,9,13,18H,6,8H2,1-3H3/t9-/m1/s1. The molecule has 0 bridgehead atoms. The number of hydrogen-bond acceptors (Lipinski definition) is 4. The molecule has 7 nitrogen and oxygen atoms in total. The number of alkyl halides is 2. The molecule has 0 fully saturated rings. The van der Waals surface area contributed by atoms with E-state index in [2.05, 4.69) is 14.9 Å². The summed E-state index contributed by atoms with van der Waals surface area (Å²) in [6.07, 6.45) is 2.61. The SMILES string of the molecule is Cc1ccnn1C[C@H](C)CNS(=O)(=O)c1cnn(C(F)F)c1C. The molecule has 23 heavy (non-hydrogen) atoms. The summed E-state index contributed by atoms with van der Waals surface area (Å²) in [5.74, 6) is -0.0196. The van der Waals surface area contributed by atoms with Gasteiger partial charge in [0.15, 0.2) is 0 Å². The predicted molar refractivity (Wildman–Crippen MR) is 79.5 cm³/mol. The van der Waals surface area contributed by atoms with Crippen molar-refractivity contribution in [3.05, 3.63) is 29.8 Å². The van der Waals surface area contributed by atoms with E-state index in [-0.39, 0.29) is 23.1 Å². The van der Waals surface area contributed by atoms with Crippen LogP contribution in [0.4, 0.5) is 8.78 Å². The van der Waals surface area contributed by atoms with Gasteiger partial charge in [-0.15, -0.1) is 0 Å². The summed E-state index contributed by atoms with van der Waals surface area (Å²) in [6, 6.07) is 1.86. The first-order valence-electron chi connectivity index (χ1n) is 7.02. The Morgan fingerprint density at radius 2 is 2.00 bits per heavy atom. The number of rotatable bonds is 7. The van der Waals surface area contributed by atoms with E-state index >= 15 is 0 Å². The van der Waals surface area contributed by atoms with Gasteiger partial charge in [-0.1, -0.05) is 6.92 Å². The molecule has 10 heteroatoms. The van der Waals surface area contributed by atoms with Gasteiger partial charge in [0.05, 0.1) is 11.9 Å². The van der Waals surface area contributed by atoms with E-state index in [0.717, 1.165) is 11.9 Å². The molecular formula is C13H19F2N5O2S. The quantitative estimate of drug-likeness (QED) is 0.827. The summed E-state index contributed by atoms with van der Waals surface area (Å²) in [5.41, 5.74) is 0.886. The average molecular weight is 347 g/mol. The fraction of sp³-hybridized carbons (Fsp3) is 0.538. The van der Waals surface area contributed by atoms with Gasteiger partial charge in [-0.25, -0.2) is 17.8 Å². The first-order chi connectivity index (χ1) is 10.7. The minimum Gasteiger partial charge on any atom is -0.270 e. The number of sulfonamides is 1. The van der Waals surface area contributed by atoms with Gasteiger partial charge in [0, 0.05) is 25.0 Å². The van der Waals surface area contributed by atoms with E-state index in [4.69, 9.17) is 0 Å². The lowest BCUT2D eigenvalue weighted by molar-refractivity contribution is 0.0541. The van der Waals surface area contributed by atoms with Crippen LogP contribution < -0.4 is 4.72 Å². The molecular weight excluding hydrogens is 328 g/mol. The predicted octanol–water partition coefficient (Wildman–Crippen LogP) is 1.71. The highest BCUT2D eigenvalue weighted by molar-refractivity contribution is 7.89. The molecule has 2 aromatic heterocycles. The van der Waals surface area contributed by atoms with E-state index in [1.807, 2.05) is 19.9 Å². The van der Waals surface area contributed by atoms with Gasteiger partial charge in [-0.3, -0.25) is 4.68 Å². The van der Waals surface area contributed by atoms with Crippen molar-refractivity contribution in [1.29, 1.82) is 0 Å². The van der Waals surface area contributed by atoms with Crippen molar-refractivity contribution in [2.75, 3.05) is 6.54 Å². The molecule has 0 radical (unpaired) electrons. The van der Waals surface area contributed by atoms with Crippen LogP contribution in [-0.2, 0) is 16.6 Å². The Bertz CT molecular complexity index is 769. The third kappa shape index (κ3) is 3.94. The highest BCUT2D eigenvalue weighted by Gasteiger charge is 2.24. The number of hydrogen-bond donors (Lipinski definition) is 1. The lowest BCUT2D eigenvalue weighted by Gasteiger charge is -2.14. The zero-order valence-corrected chi connectivity index (χ0v) is 13.9. The minimum absolute atomic E-state index is 0.0196. The van der Waals surface area contributed by atoms with E-state index in [0.29, 0.717) is 11.2 Å². The molecule has 2 aromatic rings. The molecule has 0 aliphatic carbocycles. The van der Waals surface area contributed by atoms with Gasteiger partial charge in [-0.2, -0.15) is 19.0 Å². The van der Waals surface area contributed by atoms with Crippen molar-refractivity contribution in [2.45, 2.75) is 38.8 Å². The lowest BCUT2D eigenvalue weighted by atomic mass is 10.2. The van der Waals surface area contributed by atoms with Gasteiger partial charge in [-0.05, 0) is 25.8 Å². The first-order valence-corrected chi connectivity index (χ1v) is 8.51. The Morgan fingerprint density at radius 1 is 1.30 bits per heavy atom. The molecule has 0 aliphatic heterocycles. The number of halogens is 2. The lowest BCUT2D eigenvalue weighted by Crippen LogP contribution is -2.30. The number of nitrogens with one attached hydrogen (secondary N) is 1. The molecule has 2 heterocycles. The molecule has 0 saturated heterocycles. The normalized spacial score (nSPS) is 13.7. The summed E-state index contributed by atoms with van der Waals surface area (Å²) in [6.45, 7) is 2.92. The van der Waals surface area contributed by atoms with Gasteiger partial charge in [0.25, 0.3) is 0 Å². The second kappa shape index (κ2) is 6.75. The highest BCUT2D eigenvalue weighted by Crippen LogP contribution is 2.19. The van der Waals surface area contributed by atoms with Crippen molar-refractivity contribution in [2.24, 2.45) is 5.92 Å². The van der Waals surface area contributed by atoms with Crippen LogP contribution in [0.25, 0.3) is 0 Å². The monoisotopic (exact) mass is 347 g/mol. The maximum Gasteiger partial charge on any atom is 0.333 e. The molecule has 0 aromatic carbocycles. The Labute approximate surface area is 133 Å². The fourth-order valence-corrected chi connectivity index (χ4v) is 3.48. The van der Waals surface area contributed by atoms with E-state index in [1.54, 1.807) is 10.9 Å². The van der Waals surface area contributed by atoms with Crippen LogP contribution in [0.15, 0.2) is 23.4 Å². The van der Waals surface area contributed by atoms with Crippen molar-refractivity contribution < 1.29 is 17.2 Å². The Morgan fingerprint density at radius 3 is 2.52 bits per heavy atom. The Balaban J connectivity index is 2.03. The summed E-state index contributed by atoms with van der Waals surface area (Å²) in [7, 11) is -3.88. The summed E-state index contributed by atoms with van der Waals surface area (Å²) in [4.78, 5) is -0.236. The van der Waals surface area contributed by atoms with Crippen molar-refractivity contribution >= 4 is 10.0 Å². The fourth-order valence-electron chi connectivity index (χ4n) is 2.15. The van der Waals surface area contributed by atoms with E-state index < -0.39 is 16.6 Å². The topological polar surface area (TPSA) is 81.8 Å². The number of aryl methyl sites for hydroxylation is 1. The Hall–Kier alpha value is -1.81. The second-order valence-corrected chi connectivity index (χ2v) is 7.16. The zero-order chi connectivity index (χ0) is 17.2. The van der Waals surface area contributed by atoms with Crippen molar-refractivity contribution in [3.63, 3.8) is 0 Å².